The van der Waals surface area contributed by atoms with Gasteiger partial charge in [0.2, 0.25) is 0 Å². The molecule has 0 bridgehead atoms. The Morgan fingerprint density at radius 1 is 1.17 bits per heavy atom. The molecule has 1 saturated carbocycles. The highest BCUT2D eigenvalue weighted by Crippen LogP contribution is 2.33. The van der Waals surface area contributed by atoms with Gasteiger partial charge in [-0.15, -0.1) is 11.3 Å². The van der Waals surface area contributed by atoms with Gasteiger partial charge in [-0.2, -0.15) is 0 Å². The van der Waals surface area contributed by atoms with Crippen LogP contribution in [-0.4, -0.2) is 11.0 Å². The van der Waals surface area contributed by atoms with Crippen molar-refractivity contribution in [2.45, 2.75) is 39.7 Å². The van der Waals surface area contributed by atoms with Crippen molar-refractivity contribution >= 4 is 16.5 Å². The number of aryl methyl sites for hydroxylation is 3. The Balaban J connectivity index is 1.95. The largest absolute Gasteiger partial charge is 0.359 e. The van der Waals surface area contributed by atoms with Crippen LogP contribution in [0.5, 0.6) is 0 Å². The molecule has 1 heterocycles. The third kappa shape index (κ3) is 2.27. The van der Waals surface area contributed by atoms with E-state index < -0.39 is 0 Å². The first-order valence-corrected chi connectivity index (χ1v) is 7.32. The van der Waals surface area contributed by atoms with Crippen LogP contribution in [0.2, 0.25) is 0 Å². The summed E-state index contributed by atoms with van der Waals surface area (Å²) in [5.41, 5.74) is 6.35. The molecule has 1 aromatic carbocycles. The maximum Gasteiger partial charge on any atom is 0.183 e. The number of hydrogen-bond acceptors (Lipinski definition) is 3. The molecule has 3 rings (SSSR count). The molecule has 94 valence electrons. The van der Waals surface area contributed by atoms with Crippen LogP contribution < -0.4 is 5.32 Å². The van der Waals surface area contributed by atoms with Crippen molar-refractivity contribution in [1.29, 1.82) is 0 Å². The van der Waals surface area contributed by atoms with Crippen molar-refractivity contribution in [2.24, 2.45) is 0 Å². The van der Waals surface area contributed by atoms with Crippen molar-refractivity contribution < 1.29 is 0 Å². The summed E-state index contributed by atoms with van der Waals surface area (Å²) in [4.78, 5) is 4.72. The normalized spacial score (nSPS) is 14.8. The van der Waals surface area contributed by atoms with Crippen molar-refractivity contribution in [3.05, 3.63) is 34.2 Å². The molecule has 0 atom stereocenters. The van der Waals surface area contributed by atoms with Gasteiger partial charge in [-0.05, 0) is 44.7 Å². The number of hydrogen-bond donors (Lipinski definition) is 1. The summed E-state index contributed by atoms with van der Waals surface area (Å²) >= 11 is 1.71. The Morgan fingerprint density at radius 3 is 2.44 bits per heavy atom. The predicted octanol–water partition coefficient (Wildman–Crippen LogP) is 4.31. The smallest absolute Gasteiger partial charge is 0.183 e. The number of nitrogens with zero attached hydrogens (tertiary/aromatic N) is 1. The summed E-state index contributed by atoms with van der Waals surface area (Å²) in [5, 5.41) is 6.69. The lowest BCUT2D eigenvalue weighted by Gasteiger charge is -2.08. The fourth-order valence-corrected chi connectivity index (χ4v) is 3.22. The molecule has 1 N–H and O–H groups in total. The molecule has 18 heavy (non-hydrogen) atoms. The Bertz CT molecular complexity index is 559. The van der Waals surface area contributed by atoms with E-state index >= 15 is 0 Å². The lowest BCUT2D eigenvalue weighted by Crippen LogP contribution is -2.00. The van der Waals surface area contributed by atoms with Gasteiger partial charge < -0.3 is 5.32 Å². The maximum atomic E-state index is 4.72. The molecule has 2 aromatic rings. The van der Waals surface area contributed by atoms with Gasteiger partial charge in [-0.1, -0.05) is 17.7 Å². The van der Waals surface area contributed by atoms with E-state index in [1.54, 1.807) is 11.3 Å². The molecule has 0 radical (unpaired) electrons. The van der Waals surface area contributed by atoms with Gasteiger partial charge in [-0.3, -0.25) is 0 Å². The van der Waals surface area contributed by atoms with E-state index in [2.05, 4.69) is 43.6 Å². The first-order valence-electron chi connectivity index (χ1n) is 6.44. The number of benzene rings is 1. The highest BCUT2D eigenvalue weighted by atomic mass is 32.1. The van der Waals surface area contributed by atoms with E-state index in [0.29, 0.717) is 6.04 Å². The lowest BCUT2D eigenvalue weighted by molar-refractivity contribution is 1.14. The Hall–Kier alpha value is -1.35. The highest BCUT2D eigenvalue weighted by molar-refractivity contribution is 7.14. The minimum absolute atomic E-state index is 0.671. The number of nitrogens with one attached hydrogen (secondary N) is 1. The number of thiazole rings is 1. The molecule has 0 spiro atoms. The molecule has 1 aliphatic rings. The summed E-state index contributed by atoms with van der Waals surface area (Å²) in [7, 11) is 0. The second kappa shape index (κ2) is 4.39. The van der Waals surface area contributed by atoms with Gasteiger partial charge in [-0.25, -0.2) is 4.98 Å². The van der Waals surface area contributed by atoms with Crippen LogP contribution >= 0.6 is 11.3 Å². The Kier molecular flexibility index (Phi) is 2.86. The standard InChI is InChI=1S/C15H18N2S/c1-9-6-10(2)14(11(3)7-9)13-8-18-15(17-13)16-12-4-5-12/h6-8,12H,4-5H2,1-3H3,(H,16,17). The third-order valence-electron chi connectivity index (χ3n) is 3.34. The zero-order valence-electron chi connectivity index (χ0n) is 11.1. The van der Waals surface area contributed by atoms with Gasteiger partial charge in [0.05, 0.1) is 5.69 Å². The van der Waals surface area contributed by atoms with Crippen LogP contribution in [0.3, 0.4) is 0 Å². The molecular formula is C15H18N2S. The van der Waals surface area contributed by atoms with E-state index in [-0.39, 0.29) is 0 Å². The highest BCUT2D eigenvalue weighted by Gasteiger charge is 2.22. The maximum absolute atomic E-state index is 4.72. The Labute approximate surface area is 112 Å². The number of aromatic nitrogens is 1. The molecule has 0 aliphatic heterocycles. The number of rotatable bonds is 3. The average Bonchev–Trinajstić information content (AvgIpc) is 2.96. The van der Waals surface area contributed by atoms with Gasteiger partial charge >= 0.3 is 0 Å². The van der Waals surface area contributed by atoms with Crippen molar-refractivity contribution in [2.75, 3.05) is 5.32 Å². The van der Waals surface area contributed by atoms with E-state index in [1.807, 2.05) is 0 Å². The summed E-state index contributed by atoms with van der Waals surface area (Å²) in [6.07, 6.45) is 2.58. The molecule has 2 nitrogen and oxygen atoms in total. The second-order valence-electron chi connectivity index (χ2n) is 5.23. The summed E-state index contributed by atoms with van der Waals surface area (Å²) in [6.45, 7) is 6.48. The molecule has 1 aliphatic carbocycles. The van der Waals surface area contributed by atoms with Crippen molar-refractivity contribution in [3.8, 4) is 11.3 Å². The van der Waals surface area contributed by atoms with E-state index in [9.17, 15) is 0 Å². The summed E-state index contributed by atoms with van der Waals surface area (Å²) < 4.78 is 0. The Morgan fingerprint density at radius 2 is 1.83 bits per heavy atom. The summed E-state index contributed by atoms with van der Waals surface area (Å²) in [5.74, 6) is 0. The molecule has 3 heteroatoms. The van der Waals surface area contributed by atoms with E-state index in [1.165, 1.54) is 35.1 Å². The zero-order chi connectivity index (χ0) is 12.7. The first-order chi connectivity index (χ1) is 8.63. The second-order valence-corrected chi connectivity index (χ2v) is 6.09. The molecular weight excluding hydrogens is 240 g/mol. The van der Waals surface area contributed by atoms with Crippen LogP contribution in [0.1, 0.15) is 29.5 Å². The third-order valence-corrected chi connectivity index (χ3v) is 4.12. The van der Waals surface area contributed by atoms with E-state index in [4.69, 9.17) is 4.98 Å². The predicted molar refractivity (Wildman–Crippen MR) is 78.4 cm³/mol. The van der Waals surface area contributed by atoms with Gasteiger partial charge in [0, 0.05) is 17.0 Å². The van der Waals surface area contributed by atoms with Gasteiger partial charge in [0.25, 0.3) is 0 Å². The quantitative estimate of drug-likeness (QED) is 0.887. The molecule has 1 aromatic heterocycles. The van der Waals surface area contributed by atoms with Crippen LogP contribution in [0.4, 0.5) is 5.13 Å². The molecule has 0 unspecified atom stereocenters. The van der Waals surface area contributed by atoms with Crippen LogP contribution in [0, 0.1) is 20.8 Å². The van der Waals surface area contributed by atoms with Crippen LogP contribution in [-0.2, 0) is 0 Å². The topological polar surface area (TPSA) is 24.9 Å². The van der Waals surface area contributed by atoms with Crippen molar-refractivity contribution in [3.63, 3.8) is 0 Å². The van der Waals surface area contributed by atoms with Crippen LogP contribution in [0.25, 0.3) is 11.3 Å². The SMILES string of the molecule is Cc1cc(C)c(-c2csc(NC3CC3)n2)c(C)c1. The minimum Gasteiger partial charge on any atom is -0.359 e. The minimum atomic E-state index is 0.671. The summed E-state index contributed by atoms with van der Waals surface area (Å²) in [6, 6.07) is 5.13. The van der Waals surface area contributed by atoms with Gasteiger partial charge in [0.15, 0.2) is 5.13 Å². The molecule has 1 fully saturated rings. The fourth-order valence-electron chi connectivity index (χ4n) is 2.44. The van der Waals surface area contributed by atoms with Gasteiger partial charge in [0.1, 0.15) is 0 Å². The monoisotopic (exact) mass is 258 g/mol. The van der Waals surface area contributed by atoms with E-state index in [0.717, 1.165) is 10.8 Å². The van der Waals surface area contributed by atoms with Crippen molar-refractivity contribution in [1.82, 2.24) is 4.98 Å². The fraction of sp³-hybridized carbons (Fsp3) is 0.400. The lowest BCUT2D eigenvalue weighted by atomic mass is 9.98. The number of anilines is 1. The van der Waals surface area contributed by atoms with Crippen LogP contribution in [0.15, 0.2) is 17.5 Å². The molecule has 0 saturated heterocycles. The zero-order valence-corrected chi connectivity index (χ0v) is 11.9. The average molecular weight is 258 g/mol. The first kappa shape index (κ1) is 11.7. The molecule has 0 amide bonds.